The summed E-state index contributed by atoms with van der Waals surface area (Å²) in [7, 11) is 0. The Hall–Kier alpha value is 0.0900. The minimum absolute atomic E-state index is 1.18. The van der Waals surface area contributed by atoms with E-state index in [-0.39, 0.29) is 0 Å². The van der Waals surface area contributed by atoms with Gasteiger partial charge in [-0.15, -0.1) is 11.8 Å². The summed E-state index contributed by atoms with van der Waals surface area (Å²) in [5, 5.41) is 0. The van der Waals surface area contributed by atoms with E-state index in [1.54, 1.807) is 4.91 Å². The summed E-state index contributed by atoms with van der Waals surface area (Å²) in [5.41, 5.74) is 0. The predicted octanol–water partition coefficient (Wildman–Crippen LogP) is 2.97. The summed E-state index contributed by atoms with van der Waals surface area (Å²) in [4.78, 5) is 1.56. The van der Waals surface area contributed by atoms with Gasteiger partial charge in [-0.3, -0.25) is 0 Å². The Morgan fingerprint density at radius 2 is 2.62 bits per heavy atom. The van der Waals surface area contributed by atoms with E-state index < -0.39 is 0 Å². The maximum atomic E-state index is 2.30. The fourth-order valence-corrected chi connectivity index (χ4v) is 1.39. The molecule has 8 heavy (non-hydrogen) atoms. The average molecular weight is 127 g/mol. The van der Waals surface area contributed by atoms with Crippen LogP contribution in [0.2, 0.25) is 0 Å². The maximum Gasteiger partial charge on any atom is 0.0211 e. The van der Waals surface area contributed by atoms with Crippen LogP contribution >= 0.6 is 11.8 Å². The minimum Gasteiger partial charge on any atom is -0.126 e. The number of hydrogen-bond donors (Lipinski definition) is 0. The van der Waals surface area contributed by atoms with Crippen molar-refractivity contribution in [1.29, 1.82) is 0 Å². The molecule has 1 heteroatoms. The molecule has 0 aromatic rings. The van der Waals surface area contributed by atoms with Gasteiger partial charge in [-0.05, 0) is 24.2 Å². The summed E-state index contributed by atoms with van der Waals surface area (Å²) >= 11 is 1.90. The van der Waals surface area contributed by atoms with Gasteiger partial charge in [-0.25, -0.2) is 0 Å². The van der Waals surface area contributed by atoms with Crippen LogP contribution in [0.4, 0.5) is 0 Å². The highest BCUT2D eigenvalue weighted by Gasteiger charge is 2.03. The van der Waals surface area contributed by atoms with Crippen LogP contribution in [0.5, 0.6) is 0 Å². The van der Waals surface area contributed by atoms with Crippen LogP contribution in [0.15, 0.2) is 11.0 Å². The lowest BCUT2D eigenvalue weighted by atomic mass is 10.1. The van der Waals surface area contributed by atoms with E-state index in [0.717, 1.165) is 0 Å². The van der Waals surface area contributed by atoms with Gasteiger partial charge in [0.2, 0.25) is 0 Å². The lowest BCUT2D eigenvalue weighted by molar-refractivity contribution is 0.941. The van der Waals surface area contributed by atoms with Crippen LogP contribution in [0.3, 0.4) is 0 Å². The summed E-state index contributed by atoms with van der Waals surface area (Å²) in [5.74, 6) is 2.25. The second-order valence-electron chi connectivity index (χ2n) is 1.90. The highest BCUT2D eigenvalue weighted by Crippen LogP contribution is 2.31. The molecule has 0 heterocycles. The highest BCUT2D eigenvalue weighted by atomic mass is 32.2. The van der Waals surface area contributed by atoms with Gasteiger partial charge in [0.1, 0.15) is 0 Å². The number of rotatable bonds is 3. The Kier molecular flexibility index (Phi) is 2.47. The molecule has 1 aliphatic carbocycles. The third-order valence-corrected chi connectivity index (χ3v) is 2.34. The van der Waals surface area contributed by atoms with Crippen molar-refractivity contribution in [2.45, 2.75) is 26.2 Å². The smallest absolute Gasteiger partial charge is 0.0211 e. The maximum absolute atomic E-state index is 2.30. The minimum atomic E-state index is 1.18. The standard InChI is InChI=1S/C7H11S/c1-2-6-8-7-4-3-5-7/h4,6H,2-3,5H2,1H3. The second-order valence-corrected chi connectivity index (χ2v) is 3.00. The van der Waals surface area contributed by atoms with Crippen LogP contribution in [-0.2, 0) is 0 Å². The molecule has 0 nitrogen and oxygen atoms in total. The molecule has 0 aromatic heterocycles. The number of hydrogen-bond acceptors (Lipinski definition) is 1. The van der Waals surface area contributed by atoms with E-state index >= 15 is 0 Å². The van der Waals surface area contributed by atoms with E-state index in [2.05, 4.69) is 18.8 Å². The molecule has 1 radical (unpaired) electrons. The third-order valence-electron chi connectivity index (χ3n) is 1.16. The molecule has 0 amide bonds. The molecule has 0 fully saturated rings. The molecule has 0 aliphatic heterocycles. The first-order valence-electron chi connectivity index (χ1n) is 3.11. The van der Waals surface area contributed by atoms with E-state index in [4.69, 9.17) is 0 Å². The van der Waals surface area contributed by atoms with Crippen LogP contribution in [-0.4, -0.2) is 0 Å². The van der Waals surface area contributed by atoms with Gasteiger partial charge < -0.3 is 0 Å². The van der Waals surface area contributed by atoms with Gasteiger partial charge in [0.25, 0.3) is 0 Å². The van der Waals surface area contributed by atoms with Gasteiger partial charge in [-0.1, -0.05) is 13.0 Å². The normalized spacial score (nSPS) is 17.4. The predicted molar refractivity (Wildman–Crippen MR) is 39.5 cm³/mol. The molecule has 0 atom stereocenters. The molecule has 0 aromatic carbocycles. The molecule has 45 valence electrons. The van der Waals surface area contributed by atoms with E-state index in [0.29, 0.717) is 0 Å². The Morgan fingerprint density at radius 3 is 3.00 bits per heavy atom. The summed E-state index contributed by atoms with van der Waals surface area (Å²) in [6.45, 7) is 2.17. The molecule has 0 saturated carbocycles. The largest absolute Gasteiger partial charge is 0.126 e. The Morgan fingerprint density at radius 1 is 1.88 bits per heavy atom. The Balaban J connectivity index is 2.02. The topological polar surface area (TPSA) is 0 Å². The van der Waals surface area contributed by atoms with Crippen molar-refractivity contribution in [1.82, 2.24) is 0 Å². The van der Waals surface area contributed by atoms with Gasteiger partial charge in [0.05, 0.1) is 0 Å². The zero-order valence-corrected chi connectivity index (χ0v) is 6.00. The number of allylic oxidation sites excluding steroid dienone is 2. The monoisotopic (exact) mass is 127 g/mol. The molecule has 1 rings (SSSR count). The van der Waals surface area contributed by atoms with Gasteiger partial charge in [0, 0.05) is 5.75 Å². The quantitative estimate of drug-likeness (QED) is 0.561. The second kappa shape index (κ2) is 3.18. The Labute approximate surface area is 55.4 Å². The van der Waals surface area contributed by atoms with E-state index in [9.17, 15) is 0 Å². The van der Waals surface area contributed by atoms with Crippen LogP contribution in [0, 0.1) is 5.75 Å². The van der Waals surface area contributed by atoms with Crippen molar-refractivity contribution in [2.75, 3.05) is 0 Å². The summed E-state index contributed by atoms with van der Waals surface area (Å²) in [6.07, 6.45) is 6.11. The van der Waals surface area contributed by atoms with Crippen molar-refractivity contribution in [3.63, 3.8) is 0 Å². The molecular weight excluding hydrogens is 116 g/mol. The number of thioether (sulfide) groups is 1. The molecule has 1 aliphatic rings. The molecular formula is C7H11S. The first-order chi connectivity index (χ1) is 3.93. The average Bonchev–Trinajstić information content (AvgIpc) is 1.63. The SMILES string of the molecule is CC[CH]SC1=CCC1. The van der Waals surface area contributed by atoms with Crippen molar-refractivity contribution in [3.05, 3.63) is 16.7 Å². The highest BCUT2D eigenvalue weighted by molar-refractivity contribution is 8.05. The first-order valence-corrected chi connectivity index (χ1v) is 3.99. The summed E-state index contributed by atoms with van der Waals surface area (Å²) in [6, 6.07) is 0. The van der Waals surface area contributed by atoms with Crippen molar-refractivity contribution in [2.24, 2.45) is 0 Å². The molecule has 0 spiro atoms. The molecule has 0 N–H and O–H groups in total. The van der Waals surface area contributed by atoms with Gasteiger partial charge in [-0.2, -0.15) is 0 Å². The van der Waals surface area contributed by atoms with Crippen LogP contribution < -0.4 is 0 Å². The molecule has 0 unspecified atom stereocenters. The van der Waals surface area contributed by atoms with Gasteiger partial charge >= 0.3 is 0 Å². The lowest BCUT2D eigenvalue weighted by Gasteiger charge is -2.11. The third kappa shape index (κ3) is 1.55. The van der Waals surface area contributed by atoms with Crippen molar-refractivity contribution >= 4 is 11.8 Å². The van der Waals surface area contributed by atoms with Crippen LogP contribution in [0.1, 0.15) is 26.2 Å². The van der Waals surface area contributed by atoms with Crippen molar-refractivity contribution < 1.29 is 0 Å². The van der Waals surface area contributed by atoms with E-state index in [1.807, 2.05) is 11.8 Å². The summed E-state index contributed by atoms with van der Waals surface area (Å²) < 4.78 is 0. The fraction of sp³-hybridized carbons (Fsp3) is 0.571. The molecule has 0 saturated heterocycles. The Bertz CT molecular complexity index is 94.6. The van der Waals surface area contributed by atoms with E-state index in [1.165, 1.54) is 19.3 Å². The van der Waals surface area contributed by atoms with Crippen molar-refractivity contribution in [3.8, 4) is 0 Å². The van der Waals surface area contributed by atoms with Crippen LogP contribution in [0.25, 0.3) is 0 Å². The molecule has 0 bridgehead atoms. The first kappa shape index (κ1) is 6.21. The fourth-order valence-electron chi connectivity index (χ4n) is 0.560. The zero-order valence-electron chi connectivity index (χ0n) is 5.18. The zero-order chi connectivity index (χ0) is 5.82. The lowest BCUT2D eigenvalue weighted by Crippen LogP contribution is -1.87. The van der Waals surface area contributed by atoms with Gasteiger partial charge in [0.15, 0.2) is 0 Å².